The van der Waals surface area contributed by atoms with Crippen molar-refractivity contribution in [3.8, 4) is 0 Å². The minimum atomic E-state index is 0.212. The second-order valence-electron chi connectivity index (χ2n) is 3.95. The van der Waals surface area contributed by atoms with Gasteiger partial charge < -0.3 is 4.74 Å². The number of benzene rings is 1. The van der Waals surface area contributed by atoms with Crippen LogP contribution in [0.25, 0.3) is 0 Å². The van der Waals surface area contributed by atoms with Crippen molar-refractivity contribution >= 4 is 12.6 Å². The zero-order valence-electron chi connectivity index (χ0n) is 9.03. The Kier molecular flexibility index (Phi) is 4.49. The number of rotatable bonds is 4. The molecular formula is C12H18OS. The van der Waals surface area contributed by atoms with E-state index in [1.807, 2.05) is 12.1 Å². The molecule has 1 rings (SSSR count). The Hall–Kier alpha value is -0.470. The molecule has 0 saturated heterocycles. The predicted octanol–water partition coefficient (Wildman–Crippen LogP) is 3.71. The van der Waals surface area contributed by atoms with Crippen molar-refractivity contribution in [3.05, 3.63) is 29.8 Å². The topological polar surface area (TPSA) is 9.23 Å². The Morgan fingerprint density at radius 3 is 2.21 bits per heavy atom. The van der Waals surface area contributed by atoms with Crippen molar-refractivity contribution in [2.75, 3.05) is 7.11 Å². The summed E-state index contributed by atoms with van der Waals surface area (Å²) in [6, 6.07) is 8.17. The molecule has 1 aromatic carbocycles. The molecule has 14 heavy (non-hydrogen) atoms. The summed E-state index contributed by atoms with van der Waals surface area (Å²) in [6.45, 7) is 4.41. The zero-order chi connectivity index (χ0) is 10.6. The van der Waals surface area contributed by atoms with Crippen molar-refractivity contribution in [2.24, 2.45) is 5.92 Å². The normalized spacial score (nSPS) is 13.2. The van der Waals surface area contributed by atoms with Crippen molar-refractivity contribution in [1.82, 2.24) is 0 Å². The molecule has 0 heterocycles. The van der Waals surface area contributed by atoms with Crippen molar-refractivity contribution in [3.63, 3.8) is 0 Å². The minimum absolute atomic E-state index is 0.212. The monoisotopic (exact) mass is 210 g/mol. The van der Waals surface area contributed by atoms with Gasteiger partial charge in [0.2, 0.25) is 0 Å². The molecule has 0 saturated carbocycles. The second kappa shape index (κ2) is 5.42. The zero-order valence-corrected chi connectivity index (χ0v) is 9.92. The van der Waals surface area contributed by atoms with E-state index in [1.54, 1.807) is 7.11 Å². The van der Waals surface area contributed by atoms with Gasteiger partial charge in [-0.15, -0.1) is 12.6 Å². The first-order valence-corrected chi connectivity index (χ1v) is 5.40. The highest BCUT2D eigenvalue weighted by Crippen LogP contribution is 2.24. The first kappa shape index (κ1) is 11.6. The molecule has 78 valence electrons. The molecule has 0 aromatic heterocycles. The van der Waals surface area contributed by atoms with Crippen molar-refractivity contribution in [1.29, 1.82) is 0 Å². The van der Waals surface area contributed by atoms with Crippen LogP contribution in [-0.2, 0) is 4.74 Å². The van der Waals surface area contributed by atoms with Gasteiger partial charge in [0.15, 0.2) is 0 Å². The first-order chi connectivity index (χ1) is 6.63. The van der Waals surface area contributed by atoms with Gasteiger partial charge in [-0.3, -0.25) is 0 Å². The molecule has 0 aliphatic rings. The molecule has 0 fully saturated rings. The van der Waals surface area contributed by atoms with E-state index < -0.39 is 0 Å². The molecule has 1 nitrogen and oxygen atoms in total. The Morgan fingerprint density at radius 2 is 1.79 bits per heavy atom. The molecule has 0 aliphatic carbocycles. The highest BCUT2D eigenvalue weighted by molar-refractivity contribution is 7.80. The van der Waals surface area contributed by atoms with Crippen molar-refractivity contribution < 1.29 is 4.74 Å². The maximum Gasteiger partial charge on any atom is 0.0823 e. The van der Waals surface area contributed by atoms with E-state index in [0.29, 0.717) is 5.92 Å². The van der Waals surface area contributed by atoms with E-state index >= 15 is 0 Å². The van der Waals surface area contributed by atoms with E-state index in [9.17, 15) is 0 Å². The SMILES string of the molecule is CO[C@H](CC(C)C)c1ccc(S)cc1. The van der Waals surface area contributed by atoms with Gasteiger partial charge in [0, 0.05) is 12.0 Å². The quantitative estimate of drug-likeness (QED) is 0.745. The fourth-order valence-corrected chi connectivity index (χ4v) is 1.63. The Balaban J connectivity index is 2.73. The van der Waals surface area contributed by atoms with Crippen LogP contribution in [0.4, 0.5) is 0 Å². The van der Waals surface area contributed by atoms with Gasteiger partial charge in [0.25, 0.3) is 0 Å². The molecular weight excluding hydrogens is 192 g/mol. The maximum absolute atomic E-state index is 5.46. The van der Waals surface area contributed by atoms with Gasteiger partial charge in [-0.2, -0.15) is 0 Å². The largest absolute Gasteiger partial charge is 0.377 e. The van der Waals surface area contributed by atoms with Crippen LogP contribution >= 0.6 is 12.6 Å². The van der Waals surface area contributed by atoms with Gasteiger partial charge in [-0.1, -0.05) is 26.0 Å². The van der Waals surface area contributed by atoms with E-state index in [1.165, 1.54) is 5.56 Å². The third-order valence-electron chi connectivity index (χ3n) is 2.23. The van der Waals surface area contributed by atoms with Crippen LogP contribution in [0.1, 0.15) is 31.9 Å². The smallest absolute Gasteiger partial charge is 0.0823 e. The van der Waals surface area contributed by atoms with Gasteiger partial charge in [-0.05, 0) is 30.0 Å². The lowest BCUT2D eigenvalue weighted by molar-refractivity contribution is 0.0845. The first-order valence-electron chi connectivity index (χ1n) is 4.95. The molecule has 0 aliphatic heterocycles. The maximum atomic E-state index is 5.46. The molecule has 1 aromatic rings. The Morgan fingerprint density at radius 1 is 1.21 bits per heavy atom. The summed E-state index contributed by atoms with van der Waals surface area (Å²) >= 11 is 4.26. The predicted molar refractivity (Wildman–Crippen MR) is 62.9 cm³/mol. The standard InChI is InChI=1S/C12H18OS/c1-9(2)8-12(13-3)10-4-6-11(14)7-5-10/h4-7,9,12,14H,8H2,1-3H3/t12-/m1/s1. The molecule has 0 amide bonds. The summed E-state index contributed by atoms with van der Waals surface area (Å²) in [7, 11) is 1.77. The van der Waals surface area contributed by atoms with Crippen molar-refractivity contribution in [2.45, 2.75) is 31.3 Å². The molecule has 0 bridgehead atoms. The average Bonchev–Trinajstić information content (AvgIpc) is 2.15. The number of ether oxygens (including phenoxy) is 1. The van der Waals surface area contributed by atoms with Crippen LogP contribution in [0.15, 0.2) is 29.2 Å². The summed E-state index contributed by atoms with van der Waals surface area (Å²) < 4.78 is 5.46. The van der Waals surface area contributed by atoms with Gasteiger partial charge in [0.05, 0.1) is 6.10 Å². The van der Waals surface area contributed by atoms with Crippen LogP contribution < -0.4 is 0 Å². The fraction of sp³-hybridized carbons (Fsp3) is 0.500. The van der Waals surface area contributed by atoms with Crippen LogP contribution in [0.3, 0.4) is 0 Å². The van der Waals surface area contributed by atoms with E-state index in [4.69, 9.17) is 4.74 Å². The number of thiol groups is 1. The summed E-state index contributed by atoms with van der Waals surface area (Å²) in [4.78, 5) is 0.994. The third kappa shape index (κ3) is 3.35. The molecule has 1 atom stereocenters. The second-order valence-corrected chi connectivity index (χ2v) is 4.46. The summed E-state index contributed by atoms with van der Waals surface area (Å²) in [6.07, 6.45) is 1.27. The van der Waals surface area contributed by atoms with Gasteiger partial charge in [0.1, 0.15) is 0 Å². The number of hydrogen-bond donors (Lipinski definition) is 1. The fourth-order valence-electron chi connectivity index (χ4n) is 1.49. The van der Waals surface area contributed by atoms with Gasteiger partial charge in [-0.25, -0.2) is 0 Å². The third-order valence-corrected chi connectivity index (χ3v) is 2.53. The lowest BCUT2D eigenvalue weighted by Gasteiger charge is -2.17. The Bertz CT molecular complexity index is 266. The highest BCUT2D eigenvalue weighted by atomic mass is 32.1. The highest BCUT2D eigenvalue weighted by Gasteiger charge is 2.11. The lowest BCUT2D eigenvalue weighted by Crippen LogP contribution is -2.04. The van der Waals surface area contributed by atoms with Crippen LogP contribution in [0.2, 0.25) is 0 Å². The molecule has 0 spiro atoms. The van der Waals surface area contributed by atoms with E-state index in [-0.39, 0.29) is 6.10 Å². The van der Waals surface area contributed by atoms with Crippen LogP contribution in [-0.4, -0.2) is 7.11 Å². The summed E-state index contributed by atoms with van der Waals surface area (Å²) in [5.74, 6) is 0.649. The summed E-state index contributed by atoms with van der Waals surface area (Å²) in [5.41, 5.74) is 1.24. The molecule has 0 radical (unpaired) electrons. The number of methoxy groups -OCH3 is 1. The number of hydrogen-bond acceptors (Lipinski definition) is 2. The molecule has 0 N–H and O–H groups in total. The van der Waals surface area contributed by atoms with E-state index in [0.717, 1.165) is 11.3 Å². The molecule has 2 heteroatoms. The lowest BCUT2D eigenvalue weighted by atomic mass is 9.99. The van der Waals surface area contributed by atoms with Gasteiger partial charge >= 0.3 is 0 Å². The molecule has 0 unspecified atom stereocenters. The average molecular weight is 210 g/mol. The minimum Gasteiger partial charge on any atom is -0.377 e. The van der Waals surface area contributed by atoms with E-state index in [2.05, 4.69) is 38.6 Å². The summed E-state index contributed by atoms with van der Waals surface area (Å²) in [5, 5.41) is 0. The van der Waals surface area contributed by atoms with Crippen LogP contribution in [0.5, 0.6) is 0 Å². The Labute approximate surface area is 91.9 Å². The van der Waals surface area contributed by atoms with Crippen LogP contribution in [0, 0.1) is 5.92 Å².